The highest BCUT2D eigenvalue weighted by Crippen LogP contribution is 2.25. The summed E-state index contributed by atoms with van der Waals surface area (Å²) in [5.41, 5.74) is 5.70. The van der Waals surface area contributed by atoms with Crippen LogP contribution in [0.3, 0.4) is 0 Å². The van der Waals surface area contributed by atoms with E-state index in [0.29, 0.717) is 12.4 Å². The van der Waals surface area contributed by atoms with Gasteiger partial charge in [-0.1, -0.05) is 48.5 Å². The Balaban J connectivity index is 1.39. The molecule has 1 aromatic heterocycles. The molecule has 0 bridgehead atoms. The number of hydrogen-bond donors (Lipinski definition) is 1. The number of fused-ring (bicyclic) bond motifs is 1. The number of carbonyl (C=O) groups is 1. The van der Waals surface area contributed by atoms with Gasteiger partial charge in [-0.05, 0) is 54.0 Å². The van der Waals surface area contributed by atoms with Crippen LogP contribution in [0.15, 0.2) is 83.3 Å². The van der Waals surface area contributed by atoms with Gasteiger partial charge in [-0.25, -0.2) is 4.98 Å². The van der Waals surface area contributed by atoms with Crippen LogP contribution in [0.1, 0.15) is 16.7 Å². The molecule has 0 spiro atoms. The molecule has 138 valence electrons. The Morgan fingerprint density at radius 2 is 1.82 bits per heavy atom. The minimum absolute atomic E-state index is 0.123. The lowest BCUT2D eigenvalue weighted by Gasteiger charge is -2.03. The van der Waals surface area contributed by atoms with Crippen molar-refractivity contribution in [2.45, 2.75) is 13.5 Å². The first-order valence-electron chi connectivity index (χ1n) is 9.15. The van der Waals surface area contributed by atoms with Crippen LogP contribution >= 0.6 is 0 Å². The van der Waals surface area contributed by atoms with Crippen molar-refractivity contribution in [3.8, 4) is 11.5 Å². The molecule has 0 fully saturated rings. The summed E-state index contributed by atoms with van der Waals surface area (Å²) in [4.78, 5) is 16.5. The number of nitrogens with zero attached hydrogens (tertiary/aromatic N) is 1. The lowest BCUT2D eigenvalue weighted by Crippen LogP contribution is -2.20. The van der Waals surface area contributed by atoms with Gasteiger partial charge in [0.25, 0.3) is 0 Å². The fraction of sp³-hybridized carbons (Fsp3) is 0.0833. The van der Waals surface area contributed by atoms with Crippen molar-refractivity contribution < 1.29 is 9.21 Å². The van der Waals surface area contributed by atoms with Gasteiger partial charge in [-0.15, -0.1) is 0 Å². The molecule has 4 nitrogen and oxygen atoms in total. The normalized spacial score (nSPS) is 11.2. The van der Waals surface area contributed by atoms with Crippen molar-refractivity contribution in [3.63, 3.8) is 0 Å². The predicted molar refractivity (Wildman–Crippen MR) is 112 cm³/mol. The molecule has 0 atom stereocenters. The SMILES string of the molecule is Cc1ccc2nc(-c3ccc(CNC(=O)/C=C/c4ccccc4)cc3)oc2c1. The minimum atomic E-state index is -0.123. The average Bonchev–Trinajstić information content (AvgIpc) is 3.15. The molecule has 0 aliphatic carbocycles. The highest BCUT2D eigenvalue weighted by Gasteiger charge is 2.08. The van der Waals surface area contributed by atoms with Crippen LogP contribution in [0.2, 0.25) is 0 Å². The zero-order valence-corrected chi connectivity index (χ0v) is 15.6. The van der Waals surface area contributed by atoms with Gasteiger partial charge in [0.1, 0.15) is 5.52 Å². The molecular formula is C24H20N2O2. The molecule has 0 aliphatic rings. The van der Waals surface area contributed by atoms with Crippen LogP contribution in [0.5, 0.6) is 0 Å². The van der Waals surface area contributed by atoms with Gasteiger partial charge in [-0.2, -0.15) is 0 Å². The highest BCUT2D eigenvalue weighted by atomic mass is 16.3. The largest absolute Gasteiger partial charge is 0.436 e. The topological polar surface area (TPSA) is 55.1 Å². The van der Waals surface area contributed by atoms with Crippen LogP contribution < -0.4 is 5.32 Å². The van der Waals surface area contributed by atoms with E-state index >= 15 is 0 Å². The quantitative estimate of drug-likeness (QED) is 0.497. The molecule has 0 saturated heterocycles. The van der Waals surface area contributed by atoms with Crippen LogP contribution in [-0.4, -0.2) is 10.9 Å². The van der Waals surface area contributed by atoms with Gasteiger partial charge in [0.15, 0.2) is 5.58 Å². The van der Waals surface area contributed by atoms with Crippen LogP contribution in [0.4, 0.5) is 0 Å². The van der Waals surface area contributed by atoms with Crippen molar-refractivity contribution in [3.05, 3.63) is 95.6 Å². The van der Waals surface area contributed by atoms with Gasteiger partial charge in [-0.3, -0.25) is 4.79 Å². The first kappa shape index (κ1) is 17.7. The lowest BCUT2D eigenvalue weighted by atomic mass is 10.1. The number of amides is 1. The molecule has 0 unspecified atom stereocenters. The van der Waals surface area contributed by atoms with E-state index in [0.717, 1.165) is 33.4 Å². The summed E-state index contributed by atoms with van der Waals surface area (Å²) >= 11 is 0. The standard InChI is InChI=1S/C24H20N2O2/c1-17-7-13-21-22(15-17)28-24(26-21)20-11-8-19(9-12-20)16-25-23(27)14-10-18-5-3-2-4-6-18/h2-15H,16H2,1H3,(H,25,27)/b14-10+. The molecular weight excluding hydrogens is 348 g/mol. The summed E-state index contributed by atoms with van der Waals surface area (Å²) in [5.74, 6) is 0.476. The third-order valence-corrected chi connectivity index (χ3v) is 4.44. The third kappa shape index (κ3) is 4.18. The number of benzene rings is 3. The van der Waals surface area contributed by atoms with Gasteiger partial charge in [0.2, 0.25) is 11.8 Å². The smallest absolute Gasteiger partial charge is 0.244 e. The van der Waals surface area contributed by atoms with E-state index in [1.807, 2.05) is 79.7 Å². The van der Waals surface area contributed by atoms with E-state index in [9.17, 15) is 4.79 Å². The van der Waals surface area contributed by atoms with Gasteiger partial charge in [0, 0.05) is 18.2 Å². The summed E-state index contributed by atoms with van der Waals surface area (Å²) in [6.07, 6.45) is 3.34. The zero-order valence-electron chi connectivity index (χ0n) is 15.6. The lowest BCUT2D eigenvalue weighted by molar-refractivity contribution is -0.116. The molecule has 28 heavy (non-hydrogen) atoms. The molecule has 0 aliphatic heterocycles. The minimum Gasteiger partial charge on any atom is -0.436 e. The van der Waals surface area contributed by atoms with Crippen LogP contribution in [-0.2, 0) is 11.3 Å². The van der Waals surface area contributed by atoms with Crippen molar-refractivity contribution in [2.24, 2.45) is 0 Å². The number of aryl methyl sites for hydroxylation is 1. The molecule has 1 N–H and O–H groups in total. The summed E-state index contributed by atoms with van der Waals surface area (Å²) in [5, 5.41) is 2.89. The Labute approximate surface area is 163 Å². The molecule has 1 heterocycles. The molecule has 4 heteroatoms. The van der Waals surface area contributed by atoms with Crippen molar-refractivity contribution in [1.82, 2.24) is 10.3 Å². The third-order valence-electron chi connectivity index (χ3n) is 4.44. The second-order valence-corrected chi connectivity index (χ2v) is 6.65. The Morgan fingerprint density at radius 3 is 2.61 bits per heavy atom. The fourth-order valence-corrected chi connectivity index (χ4v) is 2.90. The first-order valence-corrected chi connectivity index (χ1v) is 9.15. The number of hydrogen-bond acceptors (Lipinski definition) is 3. The molecule has 1 amide bonds. The monoisotopic (exact) mass is 368 g/mol. The number of rotatable bonds is 5. The predicted octanol–water partition coefficient (Wildman–Crippen LogP) is 5.13. The highest BCUT2D eigenvalue weighted by molar-refractivity contribution is 5.91. The Hall–Kier alpha value is -3.66. The van der Waals surface area contributed by atoms with Gasteiger partial charge < -0.3 is 9.73 Å². The van der Waals surface area contributed by atoms with E-state index in [4.69, 9.17) is 4.42 Å². The number of carbonyl (C=O) groups excluding carboxylic acids is 1. The maximum atomic E-state index is 12.0. The second-order valence-electron chi connectivity index (χ2n) is 6.65. The number of nitrogens with one attached hydrogen (secondary N) is 1. The average molecular weight is 368 g/mol. The molecule has 0 radical (unpaired) electrons. The number of oxazole rings is 1. The molecule has 4 rings (SSSR count). The van der Waals surface area contributed by atoms with Crippen LogP contribution in [0, 0.1) is 6.92 Å². The maximum absolute atomic E-state index is 12.0. The summed E-state index contributed by atoms with van der Waals surface area (Å²) < 4.78 is 5.86. The van der Waals surface area contributed by atoms with Crippen molar-refractivity contribution in [2.75, 3.05) is 0 Å². The van der Waals surface area contributed by atoms with Crippen molar-refractivity contribution in [1.29, 1.82) is 0 Å². The van der Waals surface area contributed by atoms with Crippen LogP contribution in [0.25, 0.3) is 28.6 Å². The summed E-state index contributed by atoms with van der Waals surface area (Å²) in [6.45, 7) is 2.49. The van der Waals surface area contributed by atoms with E-state index < -0.39 is 0 Å². The first-order chi connectivity index (χ1) is 13.7. The van der Waals surface area contributed by atoms with Gasteiger partial charge in [0.05, 0.1) is 0 Å². The summed E-state index contributed by atoms with van der Waals surface area (Å²) in [6, 6.07) is 23.6. The van der Waals surface area contributed by atoms with E-state index in [1.54, 1.807) is 12.2 Å². The zero-order chi connectivity index (χ0) is 19.3. The Bertz CT molecular complexity index is 1130. The fourth-order valence-electron chi connectivity index (χ4n) is 2.90. The Kier molecular flexibility index (Phi) is 5.02. The second kappa shape index (κ2) is 7.92. The Morgan fingerprint density at radius 1 is 1.04 bits per heavy atom. The maximum Gasteiger partial charge on any atom is 0.244 e. The molecule has 0 saturated carbocycles. The van der Waals surface area contributed by atoms with E-state index in [-0.39, 0.29) is 5.91 Å². The summed E-state index contributed by atoms with van der Waals surface area (Å²) in [7, 11) is 0. The van der Waals surface area contributed by atoms with E-state index in [1.165, 1.54) is 0 Å². The molecule has 3 aromatic carbocycles. The van der Waals surface area contributed by atoms with E-state index in [2.05, 4.69) is 10.3 Å². The van der Waals surface area contributed by atoms with Gasteiger partial charge >= 0.3 is 0 Å². The number of aromatic nitrogens is 1. The van der Waals surface area contributed by atoms with Crippen molar-refractivity contribution >= 4 is 23.1 Å². The molecule has 4 aromatic rings.